The Balaban J connectivity index is 2.37. The molecule has 0 saturated carbocycles. The van der Waals surface area contributed by atoms with Gasteiger partial charge in [0.25, 0.3) is 0 Å². The molecule has 0 nitrogen and oxygen atoms in total. The highest BCUT2D eigenvalue weighted by molar-refractivity contribution is 9.09. The molecule has 0 aromatic heterocycles. The Morgan fingerprint density at radius 3 is 2.31 bits per heavy atom. The van der Waals surface area contributed by atoms with E-state index in [1.807, 2.05) is 43.3 Å². The van der Waals surface area contributed by atoms with E-state index in [0.717, 1.165) is 16.7 Å². The molecule has 1 unspecified atom stereocenters. The Kier molecular flexibility index (Phi) is 3.39. The number of alkyl halides is 1. The molecule has 0 bridgehead atoms. The van der Waals surface area contributed by atoms with Crippen LogP contribution in [0.3, 0.4) is 0 Å². The van der Waals surface area contributed by atoms with Crippen LogP contribution < -0.4 is 0 Å². The summed E-state index contributed by atoms with van der Waals surface area (Å²) < 4.78 is 13.3. The molecule has 2 heteroatoms. The lowest BCUT2D eigenvalue weighted by atomic mass is 10.0. The zero-order chi connectivity index (χ0) is 11.5. The van der Waals surface area contributed by atoms with E-state index in [4.69, 9.17) is 0 Å². The molecule has 0 spiro atoms. The van der Waals surface area contributed by atoms with Gasteiger partial charge >= 0.3 is 0 Å². The fraction of sp³-hybridized carbons (Fsp3) is 0.143. The van der Waals surface area contributed by atoms with Crippen LogP contribution in [0.1, 0.15) is 21.5 Å². The van der Waals surface area contributed by atoms with E-state index < -0.39 is 0 Å². The summed E-state index contributed by atoms with van der Waals surface area (Å²) in [4.78, 5) is 0.0445. The molecular weight excluding hydrogens is 267 g/mol. The molecule has 82 valence electrons. The molecule has 0 saturated heterocycles. The van der Waals surface area contributed by atoms with E-state index >= 15 is 0 Å². The third-order valence-corrected chi connectivity index (χ3v) is 3.51. The van der Waals surface area contributed by atoms with Crippen LogP contribution in [0.2, 0.25) is 0 Å². The van der Waals surface area contributed by atoms with Gasteiger partial charge in [-0.2, -0.15) is 0 Å². The van der Waals surface area contributed by atoms with Gasteiger partial charge in [0.15, 0.2) is 0 Å². The van der Waals surface area contributed by atoms with Crippen LogP contribution >= 0.6 is 15.9 Å². The van der Waals surface area contributed by atoms with Gasteiger partial charge in [-0.1, -0.05) is 52.3 Å². The second kappa shape index (κ2) is 4.79. The highest BCUT2D eigenvalue weighted by Crippen LogP contribution is 2.31. The van der Waals surface area contributed by atoms with Crippen molar-refractivity contribution in [2.75, 3.05) is 0 Å². The zero-order valence-corrected chi connectivity index (χ0v) is 10.5. The number of hydrogen-bond acceptors (Lipinski definition) is 0. The Hall–Kier alpha value is -1.15. The van der Waals surface area contributed by atoms with Crippen molar-refractivity contribution in [1.82, 2.24) is 0 Å². The predicted molar refractivity (Wildman–Crippen MR) is 68.3 cm³/mol. The number of aryl methyl sites for hydroxylation is 1. The van der Waals surface area contributed by atoms with E-state index in [9.17, 15) is 4.39 Å². The second-order valence-electron chi connectivity index (χ2n) is 3.84. The molecule has 0 aliphatic carbocycles. The van der Waals surface area contributed by atoms with Gasteiger partial charge in [-0.15, -0.1) is 0 Å². The molecule has 0 N–H and O–H groups in total. The van der Waals surface area contributed by atoms with Gasteiger partial charge in [0.1, 0.15) is 5.82 Å². The first kappa shape index (κ1) is 11.3. The van der Waals surface area contributed by atoms with Crippen molar-refractivity contribution in [3.8, 4) is 0 Å². The zero-order valence-electron chi connectivity index (χ0n) is 8.95. The van der Waals surface area contributed by atoms with Crippen LogP contribution in [0.4, 0.5) is 4.39 Å². The summed E-state index contributed by atoms with van der Waals surface area (Å²) in [7, 11) is 0. The predicted octanol–water partition coefficient (Wildman–Crippen LogP) is 4.62. The van der Waals surface area contributed by atoms with Crippen molar-refractivity contribution >= 4 is 15.9 Å². The van der Waals surface area contributed by atoms with Crippen LogP contribution in [0.15, 0.2) is 48.5 Å². The van der Waals surface area contributed by atoms with E-state index in [0.29, 0.717) is 0 Å². The van der Waals surface area contributed by atoms with Gasteiger partial charge in [-0.25, -0.2) is 4.39 Å². The smallest absolute Gasteiger partial charge is 0.123 e. The minimum absolute atomic E-state index is 0.0445. The first-order chi connectivity index (χ1) is 7.66. The highest BCUT2D eigenvalue weighted by atomic mass is 79.9. The monoisotopic (exact) mass is 278 g/mol. The maximum absolute atomic E-state index is 13.3. The maximum atomic E-state index is 13.3. The van der Waals surface area contributed by atoms with E-state index in [2.05, 4.69) is 15.9 Å². The van der Waals surface area contributed by atoms with Crippen LogP contribution in [0.5, 0.6) is 0 Å². The third kappa shape index (κ3) is 2.50. The molecule has 2 aromatic rings. The van der Waals surface area contributed by atoms with Crippen molar-refractivity contribution in [3.05, 3.63) is 71.0 Å². The topological polar surface area (TPSA) is 0 Å². The SMILES string of the molecule is Cc1cc(F)cc(C(Br)c2ccccc2)c1. The summed E-state index contributed by atoms with van der Waals surface area (Å²) in [5, 5.41) is 0. The average Bonchev–Trinajstić information content (AvgIpc) is 2.28. The van der Waals surface area contributed by atoms with Crippen LogP contribution in [0, 0.1) is 12.7 Å². The van der Waals surface area contributed by atoms with Gasteiger partial charge < -0.3 is 0 Å². The van der Waals surface area contributed by atoms with Crippen LogP contribution in [-0.4, -0.2) is 0 Å². The fourth-order valence-corrected chi connectivity index (χ4v) is 2.29. The lowest BCUT2D eigenvalue weighted by Crippen LogP contribution is -1.94. The van der Waals surface area contributed by atoms with Gasteiger partial charge in [-0.05, 0) is 35.7 Å². The third-order valence-electron chi connectivity index (χ3n) is 2.45. The normalized spacial score (nSPS) is 12.4. The molecule has 2 rings (SSSR count). The van der Waals surface area contributed by atoms with E-state index in [-0.39, 0.29) is 10.6 Å². The van der Waals surface area contributed by atoms with E-state index in [1.165, 1.54) is 6.07 Å². The van der Waals surface area contributed by atoms with Gasteiger partial charge in [0, 0.05) is 0 Å². The van der Waals surface area contributed by atoms with E-state index in [1.54, 1.807) is 6.07 Å². The molecule has 1 atom stereocenters. The Morgan fingerprint density at radius 1 is 1.00 bits per heavy atom. The van der Waals surface area contributed by atoms with Gasteiger partial charge in [0.05, 0.1) is 4.83 Å². The first-order valence-electron chi connectivity index (χ1n) is 5.13. The van der Waals surface area contributed by atoms with Crippen molar-refractivity contribution in [2.45, 2.75) is 11.8 Å². The van der Waals surface area contributed by atoms with Gasteiger partial charge in [0.2, 0.25) is 0 Å². The number of halogens is 2. The van der Waals surface area contributed by atoms with Crippen LogP contribution in [-0.2, 0) is 0 Å². The average molecular weight is 279 g/mol. The summed E-state index contributed by atoms with van der Waals surface area (Å²) >= 11 is 3.60. The highest BCUT2D eigenvalue weighted by Gasteiger charge is 2.10. The molecule has 16 heavy (non-hydrogen) atoms. The summed E-state index contributed by atoms with van der Waals surface area (Å²) in [6.45, 7) is 1.90. The molecule has 2 aromatic carbocycles. The van der Waals surface area contributed by atoms with Crippen molar-refractivity contribution in [2.24, 2.45) is 0 Å². The largest absolute Gasteiger partial charge is 0.207 e. The molecule has 0 aliphatic rings. The minimum Gasteiger partial charge on any atom is -0.207 e. The lowest BCUT2D eigenvalue weighted by Gasteiger charge is -2.11. The number of benzene rings is 2. The summed E-state index contributed by atoms with van der Waals surface area (Å²) in [6, 6.07) is 15.1. The number of rotatable bonds is 2. The number of hydrogen-bond donors (Lipinski definition) is 0. The van der Waals surface area contributed by atoms with Crippen LogP contribution in [0.25, 0.3) is 0 Å². The van der Waals surface area contributed by atoms with Crippen molar-refractivity contribution in [1.29, 1.82) is 0 Å². The van der Waals surface area contributed by atoms with Crippen molar-refractivity contribution in [3.63, 3.8) is 0 Å². The Labute approximate surface area is 103 Å². The fourth-order valence-electron chi connectivity index (χ4n) is 1.73. The molecule has 0 radical (unpaired) electrons. The molecular formula is C14H12BrF. The summed E-state index contributed by atoms with van der Waals surface area (Å²) in [6.07, 6.45) is 0. The lowest BCUT2D eigenvalue weighted by molar-refractivity contribution is 0.624. The molecule has 0 amide bonds. The first-order valence-corrected chi connectivity index (χ1v) is 6.04. The molecule has 0 fully saturated rings. The standard InChI is InChI=1S/C14H12BrF/c1-10-7-12(9-13(16)8-10)14(15)11-5-3-2-4-6-11/h2-9,14H,1H3. The van der Waals surface area contributed by atoms with Gasteiger partial charge in [-0.3, -0.25) is 0 Å². The molecule has 0 aliphatic heterocycles. The maximum Gasteiger partial charge on any atom is 0.123 e. The quantitative estimate of drug-likeness (QED) is 0.704. The summed E-state index contributed by atoms with van der Waals surface area (Å²) in [5.74, 6) is -0.185. The summed E-state index contributed by atoms with van der Waals surface area (Å²) in [5.41, 5.74) is 3.02. The Bertz CT molecular complexity index is 459. The molecule has 0 heterocycles. The second-order valence-corrected chi connectivity index (χ2v) is 4.75. The Morgan fingerprint density at radius 2 is 1.69 bits per heavy atom. The van der Waals surface area contributed by atoms with Crippen molar-refractivity contribution < 1.29 is 4.39 Å². The minimum atomic E-state index is -0.185.